The highest BCUT2D eigenvalue weighted by Gasteiger charge is 2.24. The number of nitriles is 1. The van der Waals surface area contributed by atoms with Gasteiger partial charge in [-0.05, 0) is 29.8 Å². The second-order valence-electron chi connectivity index (χ2n) is 5.54. The molecule has 1 aromatic heterocycles. The van der Waals surface area contributed by atoms with Crippen LogP contribution in [-0.2, 0) is 20.2 Å². The summed E-state index contributed by atoms with van der Waals surface area (Å²) in [5.74, 6) is -1.26. The average molecular weight is 473 g/mol. The number of fused-ring (bicyclic) bond motifs is 1. The molecule has 0 unspecified atom stereocenters. The molecule has 0 bridgehead atoms. The van der Waals surface area contributed by atoms with Crippen LogP contribution in [0.25, 0.3) is 10.8 Å². The molecule has 3 aromatic rings. The maximum absolute atomic E-state index is 12.1. The molecule has 156 valence electrons. The molecule has 0 radical (unpaired) electrons. The zero-order valence-electron chi connectivity index (χ0n) is 14.3. The van der Waals surface area contributed by atoms with E-state index in [2.05, 4.69) is 25.6 Å². The first-order valence-electron chi connectivity index (χ1n) is 7.48. The van der Waals surface area contributed by atoms with E-state index in [0.29, 0.717) is 6.07 Å². The zero-order valence-corrected chi connectivity index (χ0v) is 16.7. The number of nitrogens with one attached hydrogen (secondary N) is 2. The number of halogens is 1. The summed E-state index contributed by atoms with van der Waals surface area (Å²) < 4.78 is 66.0. The third-order valence-electron chi connectivity index (χ3n) is 3.62. The number of aromatic hydroxyl groups is 1. The maximum Gasteiger partial charge on any atom is 0.297 e. The van der Waals surface area contributed by atoms with Gasteiger partial charge >= 0.3 is 0 Å². The molecule has 5 N–H and O–H groups in total. The van der Waals surface area contributed by atoms with Crippen molar-refractivity contribution in [2.24, 2.45) is 0 Å². The van der Waals surface area contributed by atoms with Gasteiger partial charge in [-0.1, -0.05) is 0 Å². The van der Waals surface area contributed by atoms with E-state index in [9.17, 15) is 31.0 Å². The normalized spacial score (nSPS) is 11.8. The van der Waals surface area contributed by atoms with Crippen molar-refractivity contribution >= 4 is 60.2 Å². The zero-order chi connectivity index (χ0) is 22.3. The number of benzene rings is 2. The van der Waals surface area contributed by atoms with Gasteiger partial charge in [-0.25, -0.2) is 0 Å². The van der Waals surface area contributed by atoms with Gasteiger partial charge in [0.05, 0.1) is 10.6 Å². The number of hydrogen-bond donors (Lipinski definition) is 5. The summed E-state index contributed by atoms with van der Waals surface area (Å²) in [4.78, 5) is 9.46. The summed E-state index contributed by atoms with van der Waals surface area (Å²) in [6.07, 6.45) is 1.56. The lowest BCUT2D eigenvalue weighted by molar-refractivity contribution is 0.470. The quantitative estimate of drug-likeness (QED) is 0.202. The smallest absolute Gasteiger partial charge is 0.297 e. The van der Waals surface area contributed by atoms with E-state index in [1.165, 1.54) is 6.07 Å². The molecule has 0 spiro atoms. The second kappa shape index (κ2) is 7.51. The van der Waals surface area contributed by atoms with Gasteiger partial charge in [0, 0.05) is 16.8 Å². The van der Waals surface area contributed by atoms with Crippen molar-refractivity contribution < 1.29 is 31.0 Å². The average Bonchev–Trinajstić information content (AvgIpc) is 2.59. The molecule has 0 fully saturated rings. The van der Waals surface area contributed by atoms with E-state index in [-0.39, 0.29) is 28.3 Å². The molecule has 0 aliphatic heterocycles. The maximum atomic E-state index is 12.1. The molecule has 0 amide bonds. The van der Waals surface area contributed by atoms with E-state index in [1.54, 1.807) is 6.19 Å². The number of phenolic OH excluding ortho intramolecular Hbond substituents is 1. The van der Waals surface area contributed by atoms with Crippen LogP contribution in [-0.4, -0.2) is 46.0 Å². The van der Waals surface area contributed by atoms with E-state index in [4.69, 9.17) is 16.9 Å². The van der Waals surface area contributed by atoms with Crippen LogP contribution >= 0.6 is 11.6 Å². The number of anilines is 3. The van der Waals surface area contributed by atoms with E-state index in [0.717, 1.165) is 12.1 Å². The summed E-state index contributed by atoms with van der Waals surface area (Å²) in [7, 11) is -9.83. The van der Waals surface area contributed by atoms with Gasteiger partial charge in [0.2, 0.25) is 17.2 Å². The lowest BCUT2D eigenvalue weighted by Crippen LogP contribution is -2.08. The molecule has 1 heterocycles. The van der Waals surface area contributed by atoms with Crippen molar-refractivity contribution in [2.75, 3.05) is 10.6 Å². The van der Waals surface area contributed by atoms with E-state index >= 15 is 0 Å². The minimum atomic E-state index is -5.01. The third-order valence-corrected chi connectivity index (χ3v) is 5.57. The number of aromatic nitrogens is 3. The largest absolute Gasteiger partial charge is 0.507 e. The second-order valence-corrected chi connectivity index (χ2v) is 8.66. The monoisotopic (exact) mass is 472 g/mol. The molecule has 16 heteroatoms. The van der Waals surface area contributed by atoms with Gasteiger partial charge in [-0.15, -0.1) is 0 Å². The fourth-order valence-corrected chi connectivity index (χ4v) is 4.05. The molecule has 0 aliphatic carbocycles. The molecular weight excluding hydrogens is 464 g/mol. The number of nitrogens with zero attached hydrogens (tertiary/aromatic N) is 4. The Labute approximate surface area is 173 Å². The van der Waals surface area contributed by atoms with Crippen LogP contribution in [0.3, 0.4) is 0 Å². The highest BCUT2D eigenvalue weighted by atomic mass is 35.5. The minimum Gasteiger partial charge on any atom is -0.507 e. The Kier molecular flexibility index (Phi) is 5.36. The van der Waals surface area contributed by atoms with E-state index in [1.807, 2.05) is 0 Å². The highest BCUT2D eigenvalue weighted by molar-refractivity contribution is 7.86. The summed E-state index contributed by atoms with van der Waals surface area (Å²) in [6.45, 7) is 0. The summed E-state index contributed by atoms with van der Waals surface area (Å²) in [5, 5.41) is 22.3. The van der Waals surface area contributed by atoms with Gasteiger partial charge in [0.15, 0.2) is 6.19 Å². The third kappa shape index (κ3) is 4.32. The standard InChI is InChI=1S/C14H9ClN6O7S2/c15-12-19-13(17-5-16)21-14(20-12)18-9-2-1-7-8(11(9)30(26,27)28)3-6(4-10(7)22)29(23,24)25/h1-4,22H,(H,23,24,25)(H,26,27,28)(H2,17,18,19,20,21). The van der Waals surface area contributed by atoms with Gasteiger partial charge in [-0.3, -0.25) is 14.4 Å². The highest BCUT2D eigenvalue weighted by Crippen LogP contribution is 2.37. The fraction of sp³-hybridized carbons (Fsp3) is 0. The lowest BCUT2D eigenvalue weighted by atomic mass is 10.1. The molecule has 0 saturated heterocycles. The summed E-state index contributed by atoms with van der Waals surface area (Å²) in [5.41, 5.74) is -0.331. The topological polar surface area (TPSA) is 215 Å². The van der Waals surface area contributed by atoms with Crippen LogP contribution in [0.4, 0.5) is 17.6 Å². The lowest BCUT2D eigenvalue weighted by Gasteiger charge is -2.14. The Bertz CT molecular complexity index is 1440. The minimum absolute atomic E-state index is 0.138. The number of phenols is 1. The molecule has 3 rings (SSSR count). The Morgan fingerprint density at radius 3 is 2.23 bits per heavy atom. The van der Waals surface area contributed by atoms with Crippen LogP contribution < -0.4 is 10.6 Å². The van der Waals surface area contributed by atoms with Crippen LogP contribution in [0.15, 0.2) is 34.1 Å². The Hall–Kier alpha value is -3.29. The van der Waals surface area contributed by atoms with E-state index < -0.39 is 41.2 Å². The van der Waals surface area contributed by atoms with Crippen molar-refractivity contribution in [1.82, 2.24) is 15.0 Å². The summed E-state index contributed by atoms with van der Waals surface area (Å²) in [6, 6.07) is 3.81. The molecule has 30 heavy (non-hydrogen) atoms. The van der Waals surface area contributed by atoms with Crippen molar-refractivity contribution in [2.45, 2.75) is 9.79 Å². The fourth-order valence-electron chi connectivity index (χ4n) is 2.52. The van der Waals surface area contributed by atoms with Crippen LogP contribution in [0.5, 0.6) is 5.75 Å². The molecule has 2 aromatic carbocycles. The van der Waals surface area contributed by atoms with Crippen LogP contribution in [0.2, 0.25) is 5.28 Å². The SMILES string of the molecule is N#CNc1nc(Cl)nc(Nc2ccc3c(O)cc(S(=O)(=O)O)cc3c2S(=O)(=O)O)n1. The predicted molar refractivity (Wildman–Crippen MR) is 103 cm³/mol. The van der Waals surface area contributed by atoms with Crippen molar-refractivity contribution in [3.8, 4) is 11.9 Å². The first-order chi connectivity index (χ1) is 13.9. The molecule has 0 atom stereocenters. The van der Waals surface area contributed by atoms with Crippen molar-refractivity contribution in [3.63, 3.8) is 0 Å². The van der Waals surface area contributed by atoms with Gasteiger partial charge < -0.3 is 10.4 Å². The molecule has 0 saturated carbocycles. The first-order valence-corrected chi connectivity index (χ1v) is 10.7. The summed E-state index contributed by atoms with van der Waals surface area (Å²) >= 11 is 5.72. The van der Waals surface area contributed by atoms with Crippen LogP contribution in [0, 0.1) is 11.5 Å². The molecule has 0 aliphatic rings. The predicted octanol–water partition coefficient (Wildman–Crippen LogP) is 1.51. The molecule has 13 nitrogen and oxygen atoms in total. The Balaban J connectivity index is 2.30. The van der Waals surface area contributed by atoms with Crippen molar-refractivity contribution in [3.05, 3.63) is 29.5 Å². The van der Waals surface area contributed by atoms with Gasteiger partial charge in [0.25, 0.3) is 20.2 Å². The van der Waals surface area contributed by atoms with Gasteiger partial charge in [-0.2, -0.15) is 37.0 Å². The number of hydrogen-bond acceptors (Lipinski definition) is 11. The van der Waals surface area contributed by atoms with Crippen molar-refractivity contribution in [1.29, 1.82) is 5.26 Å². The number of rotatable bonds is 5. The van der Waals surface area contributed by atoms with Crippen LogP contribution in [0.1, 0.15) is 0 Å². The van der Waals surface area contributed by atoms with Gasteiger partial charge in [0.1, 0.15) is 10.6 Å². The Morgan fingerprint density at radius 1 is 0.967 bits per heavy atom. The molecular formula is C14H9ClN6O7S2. The Morgan fingerprint density at radius 2 is 1.63 bits per heavy atom. The first kappa shape index (κ1) is 21.4.